The molecule has 35 heavy (non-hydrogen) atoms. The van der Waals surface area contributed by atoms with Gasteiger partial charge in [0.05, 0.1) is 19.3 Å². The van der Waals surface area contributed by atoms with E-state index in [9.17, 15) is 5.11 Å². The molecule has 6 heteroatoms. The number of phenolic OH excluding ortho intramolecular Hbond substituents is 1. The molecule has 0 saturated carbocycles. The predicted octanol–water partition coefficient (Wildman–Crippen LogP) is 6.11. The predicted molar refractivity (Wildman–Crippen MR) is 143 cm³/mol. The van der Waals surface area contributed by atoms with E-state index in [0.29, 0.717) is 31.1 Å². The zero-order chi connectivity index (χ0) is 25.2. The van der Waals surface area contributed by atoms with Crippen LogP contribution in [-0.4, -0.2) is 40.0 Å². The number of benzene rings is 2. The van der Waals surface area contributed by atoms with Crippen molar-refractivity contribution in [3.63, 3.8) is 0 Å². The van der Waals surface area contributed by atoms with Gasteiger partial charge in [-0.1, -0.05) is 38.1 Å². The molecule has 0 aliphatic rings. The molecule has 2 aromatic carbocycles. The van der Waals surface area contributed by atoms with E-state index in [-0.39, 0.29) is 12.4 Å². The first-order valence-electron chi connectivity index (χ1n) is 12.0. The average Bonchev–Trinajstić information content (AvgIpc) is 3.29. The number of phenols is 1. The molecule has 184 valence electrons. The summed E-state index contributed by atoms with van der Waals surface area (Å²) in [4.78, 5) is 4.82. The number of nitrogens with zero attached hydrogens (tertiary/aromatic N) is 2. The van der Waals surface area contributed by atoms with Gasteiger partial charge in [-0.25, -0.2) is 4.98 Å². The van der Waals surface area contributed by atoms with E-state index in [4.69, 9.17) is 14.8 Å². The van der Waals surface area contributed by atoms with Gasteiger partial charge in [0.15, 0.2) is 11.6 Å². The van der Waals surface area contributed by atoms with Crippen LogP contribution in [0.15, 0.2) is 72.8 Å². The molecule has 0 aliphatic carbocycles. The molecule has 0 unspecified atom stereocenters. The van der Waals surface area contributed by atoms with Crippen molar-refractivity contribution in [1.82, 2.24) is 9.55 Å². The third-order valence-electron chi connectivity index (χ3n) is 5.65. The van der Waals surface area contributed by atoms with Crippen molar-refractivity contribution in [3.8, 4) is 34.0 Å². The highest BCUT2D eigenvalue weighted by atomic mass is 16.5. The summed E-state index contributed by atoms with van der Waals surface area (Å²) in [5.41, 5.74) is 6.40. The van der Waals surface area contributed by atoms with Gasteiger partial charge in [-0.3, -0.25) is 0 Å². The standard InChI is InChI=1S/C27H29N3O3.C2H6/c1-19-6-3-4-7-23(19)25-14-13-24(20-8-11-22(32)12-9-20)30(25)18-21-10-15-26(33-2)27(29-21)28-16-5-17-31;1-2/h3-4,6-15,31-32H,5,16-18H2,1-2H3,(H,28,29);1-2H3. The van der Waals surface area contributed by atoms with Crippen molar-refractivity contribution >= 4 is 5.82 Å². The number of ether oxygens (including phenoxy) is 1. The number of anilines is 1. The Hall–Kier alpha value is -3.77. The van der Waals surface area contributed by atoms with Crippen LogP contribution in [0.3, 0.4) is 0 Å². The minimum absolute atomic E-state index is 0.119. The van der Waals surface area contributed by atoms with Gasteiger partial charge < -0.3 is 24.8 Å². The number of nitrogens with one attached hydrogen (secondary N) is 1. The molecule has 0 atom stereocenters. The minimum Gasteiger partial charge on any atom is -0.508 e. The molecule has 2 aromatic heterocycles. The van der Waals surface area contributed by atoms with Gasteiger partial charge in [-0.2, -0.15) is 0 Å². The molecule has 6 nitrogen and oxygen atoms in total. The highest BCUT2D eigenvalue weighted by Gasteiger charge is 2.15. The lowest BCUT2D eigenvalue weighted by molar-refractivity contribution is 0.292. The molecule has 0 aliphatic heterocycles. The topological polar surface area (TPSA) is 79.5 Å². The monoisotopic (exact) mass is 473 g/mol. The fourth-order valence-electron chi connectivity index (χ4n) is 3.93. The van der Waals surface area contributed by atoms with Gasteiger partial charge in [0.2, 0.25) is 0 Å². The van der Waals surface area contributed by atoms with Gasteiger partial charge in [0.25, 0.3) is 0 Å². The Balaban J connectivity index is 0.00000167. The number of hydrogen-bond acceptors (Lipinski definition) is 5. The van der Waals surface area contributed by atoms with E-state index >= 15 is 0 Å². The van der Waals surface area contributed by atoms with Crippen molar-refractivity contribution in [2.24, 2.45) is 0 Å². The summed E-state index contributed by atoms with van der Waals surface area (Å²) < 4.78 is 7.71. The fourth-order valence-corrected chi connectivity index (χ4v) is 3.93. The smallest absolute Gasteiger partial charge is 0.169 e. The van der Waals surface area contributed by atoms with Crippen molar-refractivity contribution in [3.05, 3.63) is 84.1 Å². The Bertz CT molecular complexity index is 1220. The maximum absolute atomic E-state index is 9.75. The molecular formula is C29H35N3O3. The van der Waals surface area contributed by atoms with Crippen molar-refractivity contribution in [1.29, 1.82) is 0 Å². The summed E-state index contributed by atoms with van der Waals surface area (Å²) in [5, 5.41) is 22.1. The molecule has 0 saturated heterocycles. The number of hydrogen-bond donors (Lipinski definition) is 3. The van der Waals surface area contributed by atoms with Crippen LogP contribution < -0.4 is 10.1 Å². The largest absolute Gasteiger partial charge is 0.508 e. The second-order valence-corrected chi connectivity index (χ2v) is 7.91. The summed E-state index contributed by atoms with van der Waals surface area (Å²) in [6, 6.07) is 23.7. The van der Waals surface area contributed by atoms with Gasteiger partial charge in [0, 0.05) is 30.1 Å². The quantitative estimate of drug-likeness (QED) is 0.256. The Morgan fingerprint density at radius 1 is 0.914 bits per heavy atom. The second kappa shape index (κ2) is 12.6. The summed E-state index contributed by atoms with van der Waals surface area (Å²) in [6.07, 6.45) is 0.634. The molecule has 2 heterocycles. The van der Waals surface area contributed by atoms with Crippen LogP contribution in [0, 0.1) is 6.92 Å². The second-order valence-electron chi connectivity index (χ2n) is 7.91. The van der Waals surface area contributed by atoms with Gasteiger partial charge in [-0.15, -0.1) is 0 Å². The molecule has 3 N–H and O–H groups in total. The first-order valence-corrected chi connectivity index (χ1v) is 12.0. The number of aromatic hydroxyl groups is 1. The first kappa shape index (κ1) is 25.8. The van der Waals surface area contributed by atoms with Crippen LogP contribution in [0.1, 0.15) is 31.5 Å². The molecule has 0 spiro atoms. The van der Waals surface area contributed by atoms with E-state index < -0.39 is 0 Å². The molecule has 4 rings (SSSR count). The number of aryl methyl sites for hydroxylation is 1. The van der Waals surface area contributed by atoms with E-state index in [2.05, 4.69) is 47.1 Å². The van der Waals surface area contributed by atoms with Crippen LogP contribution >= 0.6 is 0 Å². The van der Waals surface area contributed by atoms with Gasteiger partial charge >= 0.3 is 0 Å². The summed E-state index contributed by atoms with van der Waals surface area (Å²) in [7, 11) is 1.62. The molecule has 0 radical (unpaired) electrons. The Labute approximate surface area is 207 Å². The lowest BCUT2D eigenvalue weighted by Crippen LogP contribution is -2.10. The molecule has 0 amide bonds. The third kappa shape index (κ3) is 6.22. The lowest BCUT2D eigenvalue weighted by Gasteiger charge is -2.17. The molecule has 0 bridgehead atoms. The Morgan fingerprint density at radius 3 is 2.31 bits per heavy atom. The van der Waals surface area contributed by atoms with Crippen molar-refractivity contribution < 1.29 is 14.9 Å². The maximum atomic E-state index is 9.75. The summed E-state index contributed by atoms with van der Waals surface area (Å²) >= 11 is 0. The van der Waals surface area contributed by atoms with Crippen LogP contribution in [0.2, 0.25) is 0 Å². The van der Waals surface area contributed by atoms with Gasteiger partial charge in [0.1, 0.15) is 5.75 Å². The average molecular weight is 474 g/mol. The summed E-state index contributed by atoms with van der Waals surface area (Å²) in [6.45, 7) is 7.40. The highest BCUT2D eigenvalue weighted by molar-refractivity contribution is 5.72. The highest BCUT2D eigenvalue weighted by Crippen LogP contribution is 2.33. The van der Waals surface area contributed by atoms with Gasteiger partial charge in [-0.05, 0) is 73.0 Å². The number of methoxy groups -OCH3 is 1. The molecular weight excluding hydrogens is 438 g/mol. The summed E-state index contributed by atoms with van der Waals surface area (Å²) in [5.74, 6) is 1.58. The van der Waals surface area contributed by atoms with Crippen LogP contribution in [0.25, 0.3) is 22.5 Å². The zero-order valence-corrected chi connectivity index (χ0v) is 21.0. The normalized spacial score (nSPS) is 10.4. The van der Waals surface area contributed by atoms with Crippen molar-refractivity contribution in [2.45, 2.75) is 33.7 Å². The first-order chi connectivity index (χ1) is 17.1. The van der Waals surface area contributed by atoms with E-state index in [0.717, 1.165) is 28.2 Å². The van der Waals surface area contributed by atoms with Crippen molar-refractivity contribution in [2.75, 3.05) is 25.6 Å². The maximum Gasteiger partial charge on any atom is 0.169 e. The van der Waals surface area contributed by atoms with E-state index in [1.54, 1.807) is 19.2 Å². The third-order valence-corrected chi connectivity index (χ3v) is 5.65. The van der Waals surface area contributed by atoms with Crippen LogP contribution in [0.5, 0.6) is 11.5 Å². The molecule has 0 fully saturated rings. The number of pyridine rings is 1. The number of aromatic nitrogens is 2. The Morgan fingerprint density at radius 2 is 1.63 bits per heavy atom. The van der Waals surface area contributed by atoms with E-state index in [1.807, 2.05) is 44.2 Å². The fraction of sp³-hybridized carbons (Fsp3) is 0.276. The number of aliphatic hydroxyl groups excluding tert-OH is 1. The lowest BCUT2D eigenvalue weighted by atomic mass is 10.1. The molecule has 4 aromatic rings. The Kier molecular flexibility index (Phi) is 9.32. The number of rotatable bonds is 9. The number of aliphatic hydroxyl groups is 1. The van der Waals surface area contributed by atoms with Crippen LogP contribution in [-0.2, 0) is 6.54 Å². The minimum atomic E-state index is 0.119. The SMILES string of the molecule is CC.COc1ccc(Cn2c(-c3ccc(O)cc3)ccc2-c2ccccc2C)nc1NCCCO. The zero-order valence-electron chi connectivity index (χ0n) is 21.0. The van der Waals surface area contributed by atoms with Crippen LogP contribution in [0.4, 0.5) is 5.82 Å². The van der Waals surface area contributed by atoms with E-state index in [1.165, 1.54) is 5.56 Å².